The van der Waals surface area contributed by atoms with Gasteiger partial charge in [0.1, 0.15) is 0 Å². The zero-order valence-electron chi connectivity index (χ0n) is 10.9. The van der Waals surface area contributed by atoms with Gasteiger partial charge in [-0.25, -0.2) is 0 Å². The van der Waals surface area contributed by atoms with Crippen molar-refractivity contribution in [3.63, 3.8) is 0 Å². The van der Waals surface area contributed by atoms with E-state index in [2.05, 4.69) is 32.6 Å². The number of nitrogens with zero attached hydrogens (tertiary/aromatic N) is 1. The molecule has 0 aromatic rings. The highest BCUT2D eigenvalue weighted by Crippen LogP contribution is 2.29. The largest absolute Gasteiger partial charge is 0.481 e. The van der Waals surface area contributed by atoms with E-state index >= 15 is 0 Å². The fourth-order valence-electron chi connectivity index (χ4n) is 2.94. The minimum atomic E-state index is -0.676. The predicted octanol–water partition coefficient (Wildman–Crippen LogP) is 2.61. The minimum absolute atomic E-state index is 0.206. The van der Waals surface area contributed by atoms with Gasteiger partial charge in [0.05, 0.1) is 6.42 Å². The molecule has 0 aliphatic carbocycles. The maximum absolute atomic E-state index is 10.9. The van der Waals surface area contributed by atoms with E-state index in [1.807, 2.05) is 0 Å². The number of hydrogen-bond donors (Lipinski definition) is 1. The molecule has 0 amide bonds. The molecule has 0 spiro atoms. The smallest absolute Gasteiger partial charge is 0.304 e. The fourth-order valence-corrected chi connectivity index (χ4v) is 2.94. The second kappa shape index (κ2) is 5.67. The number of likely N-dealkylation sites (tertiary alicyclic amines) is 1. The van der Waals surface area contributed by atoms with E-state index in [0.29, 0.717) is 17.9 Å². The lowest BCUT2D eigenvalue weighted by Crippen LogP contribution is -2.51. The van der Waals surface area contributed by atoms with Gasteiger partial charge >= 0.3 is 5.97 Å². The SMILES string of the molecule is CCC(CC(=O)O)N1CC(C)CC(C)C1C. The Bertz CT molecular complexity index is 242. The summed E-state index contributed by atoms with van der Waals surface area (Å²) in [4.78, 5) is 13.3. The molecule has 0 aromatic heterocycles. The highest BCUT2D eigenvalue weighted by molar-refractivity contribution is 5.67. The van der Waals surface area contributed by atoms with Crippen molar-refractivity contribution in [2.45, 2.75) is 59.0 Å². The van der Waals surface area contributed by atoms with Crippen LogP contribution in [0, 0.1) is 11.8 Å². The normalized spacial score (nSPS) is 33.6. The second-order valence-electron chi connectivity index (χ2n) is 5.42. The number of piperidine rings is 1. The molecule has 1 fully saturated rings. The Balaban J connectivity index is 2.70. The van der Waals surface area contributed by atoms with Crippen LogP contribution in [0.4, 0.5) is 0 Å². The third kappa shape index (κ3) is 3.21. The summed E-state index contributed by atoms with van der Waals surface area (Å²) in [6.45, 7) is 9.92. The summed E-state index contributed by atoms with van der Waals surface area (Å²) in [5, 5.41) is 8.94. The van der Waals surface area contributed by atoms with E-state index in [1.165, 1.54) is 6.42 Å². The van der Waals surface area contributed by atoms with Crippen LogP contribution in [0.2, 0.25) is 0 Å². The first kappa shape index (κ1) is 13.5. The van der Waals surface area contributed by atoms with Gasteiger partial charge in [-0.05, 0) is 31.6 Å². The number of rotatable bonds is 4. The van der Waals surface area contributed by atoms with Crippen LogP contribution in [-0.4, -0.2) is 34.6 Å². The molecule has 0 radical (unpaired) electrons. The summed E-state index contributed by atoms with van der Waals surface area (Å²) in [6.07, 6.45) is 2.47. The number of carbonyl (C=O) groups is 1. The highest BCUT2D eigenvalue weighted by atomic mass is 16.4. The van der Waals surface area contributed by atoms with Crippen LogP contribution in [0.15, 0.2) is 0 Å². The van der Waals surface area contributed by atoms with Crippen LogP contribution >= 0.6 is 0 Å². The van der Waals surface area contributed by atoms with Crippen molar-refractivity contribution in [1.29, 1.82) is 0 Å². The molecule has 1 rings (SSSR count). The van der Waals surface area contributed by atoms with Crippen molar-refractivity contribution < 1.29 is 9.90 Å². The van der Waals surface area contributed by atoms with Crippen molar-refractivity contribution in [2.75, 3.05) is 6.54 Å². The number of hydrogen-bond acceptors (Lipinski definition) is 2. The predicted molar refractivity (Wildman–Crippen MR) is 65.4 cm³/mol. The summed E-state index contributed by atoms with van der Waals surface area (Å²) in [6, 6.07) is 0.721. The van der Waals surface area contributed by atoms with E-state index < -0.39 is 5.97 Å². The van der Waals surface area contributed by atoms with Crippen molar-refractivity contribution in [3.8, 4) is 0 Å². The van der Waals surface area contributed by atoms with Gasteiger partial charge in [-0.1, -0.05) is 20.8 Å². The molecule has 0 saturated carbocycles. The molecule has 1 aliphatic rings. The number of carboxylic acid groups (broad SMARTS) is 1. The van der Waals surface area contributed by atoms with E-state index in [4.69, 9.17) is 5.11 Å². The number of carboxylic acids is 1. The second-order valence-corrected chi connectivity index (χ2v) is 5.42. The van der Waals surface area contributed by atoms with E-state index in [1.54, 1.807) is 0 Å². The van der Waals surface area contributed by atoms with Crippen LogP contribution in [0.25, 0.3) is 0 Å². The van der Waals surface area contributed by atoms with Gasteiger partial charge in [-0.2, -0.15) is 0 Å². The third-order valence-corrected chi connectivity index (χ3v) is 3.99. The Labute approximate surface area is 98.8 Å². The summed E-state index contributed by atoms with van der Waals surface area (Å²) in [7, 11) is 0. The summed E-state index contributed by atoms with van der Waals surface area (Å²) in [5.74, 6) is 0.686. The molecule has 3 nitrogen and oxygen atoms in total. The zero-order valence-corrected chi connectivity index (χ0v) is 10.9. The maximum atomic E-state index is 10.9. The quantitative estimate of drug-likeness (QED) is 0.802. The van der Waals surface area contributed by atoms with Gasteiger partial charge in [0.2, 0.25) is 0 Å². The molecule has 3 heteroatoms. The van der Waals surface area contributed by atoms with Crippen molar-refractivity contribution in [2.24, 2.45) is 11.8 Å². The summed E-state index contributed by atoms with van der Waals surface area (Å²) >= 11 is 0. The molecular formula is C13H25NO2. The first-order valence-corrected chi connectivity index (χ1v) is 6.43. The van der Waals surface area contributed by atoms with Crippen LogP contribution in [0.1, 0.15) is 47.0 Å². The lowest BCUT2D eigenvalue weighted by Gasteiger charge is -2.45. The summed E-state index contributed by atoms with van der Waals surface area (Å²) < 4.78 is 0. The van der Waals surface area contributed by atoms with Gasteiger partial charge in [0, 0.05) is 18.6 Å². The zero-order chi connectivity index (χ0) is 12.3. The van der Waals surface area contributed by atoms with Crippen LogP contribution < -0.4 is 0 Å². The number of aliphatic carboxylic acids is 1. The molecule has 4 unspecified atom stereocenters. The van der Waals surface area contributed by atoms with Crippen molar-refractivity contribution >= 4 is 5.97 Å². The average molecular weight is 227 g/mol. The minimum Gasteiger partial charge on any atom is -0.481 e. The molecule has 0 bridgehead atoms. The van der Waals surface area contributed by atoms with Gasteiger partial charge in [-0.3, -0.25) is 9.69 Å². The third-order valence-electron chi connectivity index (χ3n) is 3.99. The molecule has 16 heavy (non-hydrogen) atoms. The molecule has 0 aromatic carbocycles. The standard InChI is InChI=1S/C13H25NO2/c1-5-12(7-13(15)16)14-8-9(2)6-10(3)11(14)4/h9-12H,5-8H2,1-4H3,(H,15,16). The lowest BCUT2D eigenvalue weighted by atomic mass is 9.84. The van der Waals surface area contributed by atoms with Gasteiger partial charge in [-0.15, -0.1) is 0 Å². The maximum Gasteiger partial charge on any atom is 0.304 e. The summed E-state index contributed by atoms with van der Waals surface area (Å²) in [5.41, 5.74) is 0. The fraction of sp³-hybridized carbons (Fsp3) is 0.923. The van der Waals surface area contributed by atoms with Gasteiger partial charge in [0.15, 0.2) is 0 Å². The van der Waals surface area contributed by atoms with Crippen LogP contribution in [-0.2, 0) is 4.79 Å². The first-order chi connectivity index (χ1) is 7.45. The Morgan fingerprint density at radius 2 is 2.06 bits per heavy atom. The molecule has 1 heterocycles. The topological polar surface area (TPSA) is 40.5 Å². The van der Waals surface area contributed by atoms with Crippen molar-refractivity contribution in [3.05, 3.63) is 0 Å². The van der Waals surface area contributed by atoms with E-state index in [-0.39, 0.29) is 12.5 Å². The Kier molecular flexibility index (Phi) is 4.78. The Morgan fingerprint density at radius 3 is 2.56 bits per heavy atom. The monoisotopic (exact) mass is 227 g/mol. The molecule has 4 atom stereocenters. The molecule has 1 aliphatic heterocycles. The lowest BCUT2D eigenvalue weighted by molar-refractivity contribution is -0.139. The van der Waals surface area contributed by atoms with Gasteiger partial charge < -0.3 is 5.11 Å². The highest BCUT2D eigenvalue weighted by Gasteiger charge is 2.33. The van der Waals surface area contributed by atoms with E-state index in [9.17, 15) is 4.79 Å². The Hall–Kier alpha value is -0.570. The van der Waals surface area contributed by atoms with Crippen LogP contribution in [0.3, 0.4) is 0 Å². The first-order valence-electron chi connectivity index (χ1n) is 6.43. The molecule has 94 valence electrons. The molecular weight excluding hydrogens is 202 g/mol. The molecule has 1 N–H and O–H groups in total. The average Bonchev–Trinajstić information content (AvgIpc) is 2.20. The van der Waals surface area contributed by atoms with Crippen LogP contribution in [0.5, 0.6) is 0 Å². The van der Waals surface area contributed by atoms with Crippen molar-refractivity contribution in [1.82, 2.24) is 4.90 Å². The Morgan fingerprint density at radius 1 is 1.44 bits per heavy atom. The van der Waals surface area contributed by atoms with Gasteiger partial charge in [0.25, 0.3) is 0 Å². The van der Waals surface area contributed by atoms with E-state index in [0.717, 1.165) is 13.0 Å². The molecule has 1 saturated heterocycles.